The average Bonchev–Trinajstić information content (AvgIpc) is 2.46. The van der Waals surface area contributed by atoms with Gasteiger partial charge in [-0.05, 0) is 38.8 Å². The Morgan fingerprint density at radius 3 is 3.16 bits per heavy atom. The van der Waals surface area contributed by atoms with Crippen LogP contribution in [-0.2, 0) is 0 Å². The van der Waals surface area contributed by atoms with Crippen LogP contribution in [0.25, 0.3) is 0 Å². The van der Waals surface area contributed by atoms with Crippen LogP contribution in [0.1, 0.15) is 26.2 Å². The minimum absolute atomic E-state index is 0.683. The largest absolute Gasteiger partial charge is 0.478 e. The van der Waals surface area contributed by atoms with Gasteiger partial charge in [0.2, 0.25) is 5.88 Å². The maximum absolute atomic E-state index is 5.57. The molecule has 0 amide bonds. The molecule has 1 aliphatic heterocycles. The van der Waals surface area contributed by atoms with E-state index in [1.807, 2.05) is 13.1 Å². The van der Waals surface area contributed by atoms with E-state index in [1.165, 1.54) is 12.8 Å². The molecule has 2 rings (SSSR count). The van der Waals surface area contributed by atoms with Crippen LogP contribution in [-0.4, -0.2) is 43.3 Å². The maximum Gasteiger partial charge on any atom is 0.218 e. The highest BCUT2D eigenvalue weighted by Crippen LogP contribution is 2.23. The second-order valence-electron chi connectivity index (χ2n) is 5.07. The summed E-state index contributed by atoms with van der Waals surface area (Å²) in [5.74, 6) is 2.37. The Balaban J connectivity index is 1.99. The van der Waals surface area contributed by atoms with Crippen LogP contribution >= 0.6 is 0 Å². The Kier molecular flexibility index (Phi) is 5.39. The van der Waals surface area contributed by atoms with Gasteiger partial charge in [0.1, 0.15) is 12.1 Å². The van der Waals surface area contributed by atoms with Crippen molar-refractivity contribution < 1.29 is 4.74 Å². The highest BCUT2D eigenvalue weighted by molar-refractivity contribution is 5.41. The van der Waals surface area contributed by atoms with Gasteiger partial charge in [0.05, 0.1) is 6.61 Å². The quantitative estimate of drug-likeness (QED) is 0.847. The lowest BCUT2D eigenvalue weighted by Crippen LogP contribution is -2.39. The third-order valence-corrected chi connectivity index (χ3v) is 3.42. The van der Waals surface area contributed by atoms with Crippen LogP contribution in [0.4, 0.5) is 5.82 Å². The summed E-state index contributed by atoms with van der Waals surface area (Å²) in [6, 6.07) is 1.96. The number of ether oxygens (including phenoxy) is 1. The molecule has 0 aromatic carbocycles. The first-order valence-corrected chi connectivity index (χ1v) is 7.18. The summed E-state index contributed by atoms with van der Waals surface area (Å²) in [5, 5.41) is 3.26. The van der Waals surface area contributed by atoms with E-state index in [0.717, 1.165) is 31.9 Å². The first-order valence-electron chi connectivity index (χ1n) is 7.18. The van der Waals surface area contributed by atoms with Crippen molar-refractivity contribution in [1.82, 2.24) is 15.3 Å². The van der Waals surface area contributed by atoms with Gasteiger partial charge in [0.25, 0.3) is 0 Å². The van der Waals surface area contributed by atoms with E-state index in [0.29, 0.717) is 18.4 Å². The van der Waals surface area contributed by atoms with Gasteiger partial charge >= 0.3 is 0 Å². The Bertz CT molecular complexity index is 383. The van der Waals surface area contributed by atoms with Crippen molar-refractivity contribution in [2.75, 3.05) is 38.2 Å². The number of piperidine rings is 1. The Morgan fingerprint density at radius 2 is 2.37 bits per heavy atom. The molecule has 1 aromatic rings. The average molecular weight is 264 g/mol. The fourth-order valence-corrected chi connectivity index (χ4v) is 2.52. The molecule has 0 spiro atoms. The molecular formula is C14H24N4O. The summed E-state index contributed by atoms with van der Waals surface area (Å²) < 4.78 is 5.57. The monoisotopic (exact) mass is 264 g/mol. The van der Waals surface area contributed by atoms with Crippen molar-refractivity contribution in [2.45, 2.75) is 26.2 Å². The van der Waals surface area contributed by atoms with Gasteiger partial charge < -0.3 is 15.0 Å². The van der Waals surface area contributed by atoms with E-state index in [1.54, 1.807) is 6.33 Å². The van der Waals surface area contributed by atoms with Gasteiger partial charge in [-0.3, -0.25) is 0 Å². The van der Waals surface area contributed by atoms with Crippen LogP contribution < -0.4 is 15.0 Å². The standard InChI is InChI=1S/C14H24N4O/c1-3-7-19-14-8-13(16-11-17-14)18-6-4-5-12(10-18)9-15-2/h8,11-12,15H,3-7,9-10H2,1-2H3. The third-order valence-electron chi connectivity index (χ3n) is 3.42. The lowest BCUT2D eigenvalue weighted by molar-refractivity contribution is 0.304. The molecule has 19 heavy (non-hydrogen) atoms. The fraction of sp³-hybridized carbons (Fsp3) is 0.714. The molecule has 0 saturated carbocycles. The zero-order valence-corrected chi connectivity index (χ0v) is 11.9. The van der Waals surface area contributed by atoms with Crippen molar-refractivity contribution >= 4 is 5.82 Å². The molecule has 0 bridgehead atoms. The summed E-state index contributed by atoms with van der Waals surface area (Å²) in [4.78, 5) is 10.9. The number of nitrogens with one attached hydrogen (secondary N) is 1. The van der Waals surface area contributed by atoms with Crippen LogP contribution in [0.5, 0.6) is 5.88 Å². The Morgan fingerprint density at radius 1 is 1.47 bits per heavy atom. The first-order chi connectivity index (χ1) is 9.33. The second-order valence-corrected chi connectivity index (χ2v) is 5.07. The normalized spacial score (nSPS) is 19.5. The smallest absolute Gasteiger partial charge is 0.218 e. The predicted octanol–water partition coefficient (Wildman–Crippen LogP) is 1.70. The van der Waals surface area contributed by atoms with Gasteiger partial charge in [0, 0.05) is 19.2 Å². The molecule has 5 nitrogen and oxygen atoms in total. The van der Waals surface area contributed by atoms with E-state index < -0.39 is 0 Å². The minimum Gasteiger partial charge on any atom is -0.478 e. The fourth-order valence-electron chi connectivity index (χ4n) is 2.52. The minimum atomic E-state index is 0.683. The molecule has 106 valence electrons. The number of aromatic nitrogens is 2. The molecule has 0 aliphatic carbocycles. The van der Waals surface area contributed by atoms with Crippen molar-refractivity contribution in [1.29, 1.82) is 0 Å². The number of anilines is 1. The van der Waals surface area contributed by atoms with E-state index in [2.05, 4.69) is 27.1 Å². The van der Waals surface area contributed by atoms with Gasteiger partial charge in [-0.25, -0.2) is 9.97 Å². The number of hydrogen-bond acceptors (Lipinski definition) is 5. The van der Waals surface area contributed by atoms with E-state index in [-0.39, 0.29) is 0 Å². The molecule has 1 atom stereocenters. The molecule has 1 N–H and O–H groups in total. The summed E-state index contributed by atoms with van der Waals surface area (Å²) in [5.41, 5.74) is 0. The van der Waals surface area contributed by atoms with Crippen molar-refractivity contribution in [3.63, 3.8) is 0 Å². The number of rotatable bonds is 6. The van der Waals surface area contributed by atoms with Crippen LogP contribution in [0.15, 0.2) is 12.4 Å². The first kappa shape index (κ1) is 14.1. The SMILES string of the molecule is CCCOc1cc(N2CCCC(CNC)C2)ncn1. The zero-order valence-electron chi connectivity index (χ0n) is 11.9. The molecule has 2 heterocycles. The van der Waals surface area contributed by atoms with E-state index in [4.69, 9.17) is 4.74 Å². The lowest BCUT2D eigenvalue weighted by atomic mass is 9.98. The van der Waals surface area contributed by atoms with Crippen LogP contribution in [0, 0.1) is 5.92 Å². The van der Waals surface area contributed by atoms with Gasteiger partial charge in [-0.15, -0.1) is 0 Å². The molecule has 1 unspecified atom stereocenters. The van der Waals surface area contributed by atoms with Crippen molar-refractivity contribution in [2.24, 2.45) is 5.92 Å². The van der Waals surface area contributed by atoms with Gasteiger partial charge in [-0.1, -0.05) is 6.92 Å². The number of hydrogen-bond donors (Lipinski definition) is 1. The van der Waals surface area contributed by atoms with Gasteiger partial charge in [0.15, 0.2) is 0 Å². The molecule has 1 aliphatic rings. The van der Waals surface area contributed by atoms with Crippen molar-refractivity contribution in [3.05, 3.63) is 12.4 Å². The molecule has 5 heteroatoms. The maximum atomic E-state index is 5.57. The van der Waals surface area contributed by atoms with Gasteiger partial charge in [-0.2, -0.15) is 0 Å². The van der Waals surface area contributed by atoms with Crippen molar-refractivity contribution in [3.8, 4) is 5.88 Å². The van der Waals surface area contributed by atoms with Crippen LogP contribution in [0.2, 0.25) is 0 Å². The predicted molar refractivity (Wildman–Crippen MR) is 76.7 cm³/mol. The molecule has 1 saturated heterocycles. The number of nitrogens with zero attached hydrogens (tertiary/aromatic N) is 3. The highest BCUT2D eigenvalue weighted by Gasteiger charge is 2.20. The molecule has 1 aromatic heterocycles. The second kappa shape index (κ2) is 7.28. The Labute approximate surface area is 115 Å². The van der Waals surface area contributed by atoms with E-state index in [9.17, 15) is 0 Å². The topological polar surface area (TPSA) is 50.3 Å². The van der Waals surface area contributed by atoms with E-state index >= 15 is 0 Å². The zero-order chi connectivity index (χ0) is 13.5. The Hall–Kier alpha value is -1.36. The van der Waals surface area contributed by atoms with Crippen LogP contribution in [0.3, 0.4) is 0 Å². The summed E-state index contributed by atoms with van der Waals surface area (Å²) >= 11 is 0. The summed E-state index contributed by atoms with van der Waals surface area (Å²) in [7, 11) is 2.01. The summed E-state index contributed by atoms with van der Waals surface area (Å²) in [6.45, 7) is 6.00. The lowest BCUT2D eigenvalue weighted by Gasteiger charge is -2.33. The molecular weight excluding hydrogens is 240 g/mol. The third kappa shape index (κ3) is 4.06. The molecule has 0 radical (unpaired) electrons. The highest BCUT2D eigenvalue weighted by atomic mass is 16.5. The summed E-state index contributed by atoms with van der Waals surface area (Å²) in [6.07, 6.45) is 5.11. The molecule has 1 fully saturated rings.